The predicted octanol–water partition coefficient (Wildman–Crippen LogP) is 6.22. The minimum atomic E-state index is -0.0955. The van der Waals surface area contributed by atoms with E-state index in [9.17, 15) is 9.59 Å². The maximum absolute atomic E-state index is 13.0. The lowest BCUT2D eigenvalue weighted by Gasteiger charge is -2.42. The van der Waals surface area contributed by atoms with Crippen LogP contribution in [-0.4, -0.2) is 66.6 Å². The van der Waals surface area contributed by atoms with Gasteiger partial charge in [-0.2, -0.15) is 0 Å². The molecule has 8 nitrogen and oxygen atoms in total. The number of rotatable bonds is 13. The van der Waals surface area contributed by atoms with Gasteiger partial charge in [0.15, 0.2) is 0 Å². The van der Waals surface area contributed by atoms with Crippen LogP contribution in [-0.2, 0) is 6.54 Å². The largest absolute Gasteiger partial charge is 0.497 e. The first-order valence-electron chi connectivity index (χ1n) is 16.4. The average Bonchev–Trinajstić information content (AvgIpc) is 3.04. The number of pyridine rings is 1. The fraction of sp³-hybridized carbons (Fsp3) is 0.486. The Kier molecular flexibility index (Phi) is 12.0. The first kappa shape index (κ1) is 34.0. The Hall–Kier alpha value is -3.91. The van der Waals surface area contributed by atoms with Crippen molar-refractivity contribution in [3.8, 4) is 5.75 Å². The predicted molar refractivity (Wildman–Crippen MR) is 182 cm³/mol. The lowest BCUT2D eigenvalue weighted by Crippen LogP contribution is -2.48. The SMILES string of the molecule is CCC(C)NC(=O)c1c(C)cc(C(=O)NCC[C@@H](C)N2CCC(N(Cc3cnccc3C)c3ccc(OC)cc3)CC2)cc1C. The van der Waals surface area contributed by atoms with Crippen LogP contribution in [0.4, 0.5) is 5.69 Å². The van der Waals surface area contributed by atoms with Gasteiger partial charge in [0.2, 0.25) is 0 Å². The van der Waals surface area contributed by atoms with Crippen LogP contribution < -0.4 is 20.3 Å². The number of methoxy groups -OCH3 is 1. The molecule has 0 aliphatic carbocycles. The van der Waals surface area contributed by atoms with Crippen molar-refractivity contribution in [1.82, 2.24) is 20.5 Å². The maximum atomic E-state index is 13.0. The minimum Gasteiger partial charge on any atom is -0.497 e. The van der Waals surface area contributed by atoms with Crippen LogP contribution in [0.2, 0.25) is 0 Å². The second kappa shape index (κ2) is 15.9. The second-order valence-electron chi connectivity index (χ2n) is 12.6. The van der Waals surface area contributed by atoms with Gasteiger partial charge in [-0.3, -0.25) is 14.6 Å². The van der Waals surface area contributed by atoms with Crippen LogP contribution in [0.5, 0.6) is 5.75 Å². The number of benzene rings is 2. The highest BCUT2D eigenvalue weighted by molar-refractivity contribution is 6.00. The summed E-state index contributed by atoms with van der Waals surface area (Å²) in [5.74, 6) is 0.684. The number of piperidine rings is 1. The van der Waals surface area contributed by atoms with E-state index in [1.165, 1.54) is 16.8 Å². The Labute approximate surface area is 269 Å². The van der Waals surface area contributed by atoms with Gasteiger partial charge in [-0.15, -0.1) is 0 Å². The minimum absolute atomic E-state index is 0.0804. The van der Waals surface area contributed by atoms with Gasteiger partial charge >= 0.3 is 0 Å². The van der Waals surface area contributed by atoms with Gasteiger partial charge in [-0.05, 0) is 125 Å². The van der Waals surface area contributed by atoms with E-state index in [2.05, 4.69) is 57.5 Å². The number of hydrogen-bond donors (Lipinski definition) is 2. The van der Waals surface area contributed by atoms with Crippen molar-refractivity contribution in [2.24, 2.45) is 0 Å². The highest BCUT2D eigenvalue weighted by atomic mass is 16.5. The van der Waals surface area contributed by atoms with Crippen LogP contribution in [0, 0.1) is 20.8 Å². The number of nitrogens with zero attached hydrogens (tertiary/aromatic N) is 3. The monoisotopic (exact) mass is 613 g/mol. The Bertz CT molecular complexity index is 1410. The summed E-state index contributed by atoms with van der Waals surface area (Å²) in [6.45, 7) is 15.7. The molecule has 1 unspecified atom stereocenters. The van der Waals surface area contributed by atoms with E-state index in [1.54, 1.807) is 7.11 Å². The van der Waals surface area contributed by atoms with Crippen molar-refractivity contribution in [1.29, 1.82) is 0 Å². The molecule has 0 saturated carbocycles. The number of anilines is 1. The molecule has 45 heavy (non-hydrogen) atoms. The Balaban J connectivity index is 1.31. The summed E-state index contributed by atoms with van der Waals surface area (Å²) in [4.78, 5) is 35.3. The summed E-state index contributed by atoms with van der Waals surface area (Å²) in [6, 6.07) is 15.0. The molecular weight excluding hydrogens is 562 g/mol. The highest BCUT2D eigenvalue weighted by Gasteiger charge is 2.28. The lowest BCUT2D eigenvalue weighted by atomic mass is 9.97. The first-order valence-corrected chi connectivity index (χ1v) is 16.4. The van der Waals surface area contributed by atoms with Crippen LogP contribution in [0.3, 0.4) is 0 Å². The zero-order chi connectivity index (χ0) is 32.5. The molecule has 2 atom stereocenters. The molecule has 2 N–H and O–H groups in total. The third kappa shape index (κ3) is 8.85. The molecule has 1 saturated heterocycles. The van der Waals surface area contributed by atoms with Gasteiger partial charge in [0.25, 0.3) is 11.8 Å². The summed E-state index contributed by atoms with van der Waals surface area (Å²) in [5, 5.41) is 6.15. The molecular formula is C37H51N5O3. The van der Waals surface area contributed by atoms with Gasteiger partial charge in [-0.1, -0.05) is 6.92 Å². The number of carbonyl (C=O) groups excluding carboxylic acids is 2. The summed E-state index contributed by atoms with van der Waals surface area (Å²) >= 11 is 0. The number of aryl methyl sites for hydroxylation is 3. The van der Waals surface area contributed by atoms with Crippen LogP contribution in [0.1, 0.15) is 89.4 Å². The van der Waals surface area contributed by atoms with E-state index >= 15 is 0 Å². The standard InChI is InChI=1S/C37H51N5O3/c1-8-28(5)40-37(44)35-26(3)21-30(22-27(35)4)36(43)39-18-14-29(6)41-19-15-33(16-20-41)42(24-31-23-38-17-13-25(31)2)32-9-11-34(45-7)12-10-32/h9-13,17,21-23,28-29,33H,8,14-16,18-20,24H2,1-7H3,(H,39,43)(H,40,44)/t28?,29-/m1/s1. The fourth-order valence-electron chi connectivity index (χ4n) is 6.22. The highest BCUT2D eigenvalue weighted by Crippen LogP contribution is 2.29. The molecule has 1 fully saturated rings. The van der Waals surface area contributed by atoms with Crippen molar-refractivity contribution in [2.75, 3.05) is 31.6 Å². The summed E-state index contributed by atoms with van der Waals surface area (Å²) in [5.41, 5.74) is 6.59. The van der Waals surface area contributed by atoms with Crippen LogP contribution in [0.15, 0.2) is 54.9 Å². The lowest BCUT2D eigenvalue weighted by molar-refractivity contribution is 0.0928. The average molecular weight is 614 g/mol. The van der Waals surface area contributed by atoms with Crippen LogP contribution >= 0.6 is 0 Å². The molecule has 1 aromatic heterocycles. The summed E-state index contributed by atoms with van der Waals surface area (Å²) in [7, 11) is 1.70. The number of hydrogen-bond acceptors (Lipinski definition) is 6. The fourth-order valence-corrected chi connectivity index (χ4v) is 6.22. The van der Waals surface area contributed by atoms with Gasteiger partial charge in [0.05, 0.1) is 7.11 Å². The van der Waals surface area contributed by atoms with E-state index < -0.39 is 0 Å². The molecule has 2 heterocycles. The molecule has 2 aromatic carbocycles. The van der Waals surface area contributed by atoms with Gasteiger partial charge in [-0.25, -0.2) is 0 Å². The number of ether oxygens (including phenoxy) is 1. The molecule has 3 aromatic rings. The van der Waals surface area contributed by atoms with Crippen LogP contribution in [0.25, 0.3) is 0 Å². The van der Waals surface area contributed by atoms with Gasteiger partial charge in [0.1, 0.15) is 5.75 Å². The number of likely N-dealkylation sites (tertiary alicyclic amines) is 1. The zero-order valence-corrected chi connectivity index (χ0v) is 28.2. The Morgan fingerprint density at radius 2 is 1.67 bits per heavy atom. The van der Waals surface area contributed by atoms with E-state index in [0.29, 0.717) is 29.8 Å². The number of amides is 2. The normalized spacial score (nSPS) is 15.3. The molecule has 0 radical (unpaired) electrons. The molecule has 0 bridgehead atoms. The zero-order valence-electron chi connectivity index (χ0n) is 28.2. The van der Waals surface area contributed by atoms with E-state index in [0.717, 1.165) is 62.2 Å². The molecule has 4 rings (SSSR count). The molecule has 242 valence electrons. The molecule has 8 heteroatoms. The van der Waals surface area contributed by atoms with E-state index in [1.807, 2.05) is 64.4 Å². The quantitative estimate of drug-likeness (QED) is 0.238. The maximum Gasteiger partial charge on any atom is 0.252 e. The molecule has 1 aliphatic heterocycles. The van der Waals surface area contributed by atoms with Crippen molar-refractivity contribution >= 4 is 17.5 Å². The third-order valence-corrected chi connectivity index (χ3v) is 9.31. The van der Waals surface area contributed by atoms with Crippen molar-refractivity contribution in [2.45, 2.75) is 91.9 Å². The number of aromatic nitrogens is 1. The van der Waals surface area contributed by atoms with Gasteiger partial charge in [0, 0.05) is 73.5 Å². The van der Waals surface area contributed by atoms with Crippen molar-refractivity contribution < 1.29 is 14.3 Å². The second-order valence-corrected chi connectivity index (χ2v) is 12.6. The smallest absolute Gasteiger partial charge is 0.252 e. The third-order valence-electron chi connectivity index (χ3n) is 9.31. The van der Waals surface area contributed by atoms with Crippen molar-refractivity contribution in [3.63, 3.8) is 0 Å². The molecule has 1 aliphatic rings. The summed E-state index contributed by atoms with van der Waals surface area (Å²) < 4.78 is 5.41. The van der Waals surface area contributed by atoms with E-state index in [-0.39, 0.29) is 17.9 Å². The topological polar surface area (TPSA) is 86.8 Å². The molecule has 2 amide bonds. The summed E-state index contributed by atoms with van der Waals surface area (Å²) in [6.07, 6.45) is 7.72. The first-order chi connectivity index (χ1) is 21.6. The number of nitrogens with one attached hydrogen (secondary N) is 2. The van der Waals surface area contributed by atoms with E-state index in [4.69, 9.17) is 4.74 Å². The number of carbonyl (C=O) groups is 2. The van der Waals surface area contributed by atoms with Gasteiger partial charge < -0.3 is 25.2 Å². The Morgan fingerprint density at radius 1 is 1.00 bits per heavy atom. The van der Waals surface area contributed by atoms with Crippen molar-refractivity contribution in [3.05, 3.63) is 88.2 Å². The molecule has 0 spiro atoms. The Morgan fingerprint density at radius 3 is 2.27 bits per heavy atom.